The van der Waals surface area contributed by atoms with Crippen molar-refractivity contribution in [2.75, 3.05) is 33.2 Å². The highest BCUT2D eigenvalue weighted by atomic mass is 32.1. The number of aliphatic imine (C=N–C) groups is 1. The molecule has 1 unspecified atom stereocenters. The van der Waals surface area contributed by atoms with E-state index in [1.807, 2.05) is 44.1 Å². The van der Waals surface area contributed by atoms with Gasteiger partial charge in [-0.25, -0.2) is 4.79 Å². The Hall–Kier alpha value is -1.76. The number of likely N-dealkylation sites (tertiary alicyclic amines) is 1. The first-order valence-electron chi connectivity index (χ1n) is 10.2. The molecule has 0 aromatic carbocycles. The second-order valence-electron chi connectivity index (χ2n) is 8.63. The highest BCUT2D eigenvalue weighted by Gasteiger charge is 2.26. The van der Waals surface area contributed by atoms with Crippen molar-refractivity contribution in [2.24, 2.45) is 16.8 Å². The number of hydrogen-bond acceptors (Lipinski definition) is 4. The van der Waals surface area contributed by atoms with Crippen molar-refractivity contribution in [2.45, 2.75) is 52.6 Å². The van der Waals surface area contributed by atoms with Crippen molar-refractivity contribution >= 4 is 23.4 Å². The first-order chi connectivity index (χ1) is 13.3. The van der Waals surface area contributed by atoms with Crippen molar-refractivity contribution in [1.82, 2.24) is 15.5 Å². The Balaban J connectivity index is 1.65. The smallest absolute Gasteiger partial charge is 0.410 e. The zero-order valence-electron chi connectivity index (χ0n) is 18.0. The van der Waals surface area contributed by atoms with Gasteiger partial charge in [0.25, 0.3) is 0 Å². The fraction of sp³-hybridized carbons (Fsp3) is 0.714. The van der Waals surface area contributed by atoms with Gasteiger partial charge in [-0.05, 0) is 63.3 Å². The Morgan fingerprint density at radius 2 is 2.07 bits per heavy atom. The van der Waals surface area contributed by atoms with E-state index in [4.69, 9.17) is 4.74 Å². The summed E-state index contributed by atoms with van der Waals surface area (Å²) in [6.07, 6.45) is 2.86. The minimum atomic E-state index is -0.436. The lowest BCUT2D eigenvalue weighted by Crippen LogP contribution is -2.45. The number of piperidine rings is 1. The summed E-state index contributed by atoms with van der Waals surface area (Å²) >= 11 is 1.81. The number of carbonyl (C=O) groups excluding carboxylic acids is 1. The monoisotopic (exact) mass is 408 g/mol. The average Bonchev–Trinajstić information content (AvgIpc) is 3.14. The average molecular weight is 409 g/mol. The summed E-state index contributed by atoms with van der Waals surface area (Å²) in [6, 6.07) is 4.30. The normalized spacial score (nSPS) is 17.3. The van der Waals surface area contributed by atoms with Crippen LogP contribution in [0.15, 0.2) is 22.5 Å². The van der Waals surface area contributed by atoms with Crippen LogP contribution >= 0.6 is 11.3 Å². The Bertz CT molecular complexity index is 617. The maximum Gasteiger partial charge on any atom is 0.410 e. The number of amides is 1. The zero-order chi connectivity index (χ0) is 20.6. The second-order valence-corrected chi connectivity index (χ2v) is 9.67. The number of hydrogen-bond donors (Lipinski definition) is 2. The van der Waals surface area contributed by atoms with Gasteiger partial charge in [-0.3, -0.25) is 4.99 Å². The lowest BCUT2D eigenvalue weighted by molar-refractivity contribution is 0.0185. The van der Waals surface area contributed by atoms with Crippen molar-refractivity contribution in [3.8, 4) is 0 Å². The van der Waals surface area contributed by atoms with Gasteiger partial charge < -0.3 is 20.3 Å². The molecule has 1 saturated heterocycles. The van der Waals surface area contributed by atoms with E-state index in [2.05, 4.69) is 40.1 Å². The molecule has 1 fully saturated rings. The van der Waals surface area contributed by atoms with Gasteiger partial charge in [0.1, 0.15) is 5.60 Å². The van der Waals surface area contributed by atoms with Gasteiger partial charge >= 0.3 is 6.09 Å². The largest absolute Gasteiger partial charge is 0.444 e. The minimum Gasteiger partial charge on any atom is -0.444 e. The van der Waals surface area contributed by atoms with E-state index < -0.39 is 5.60 Å². The quantitative estimate of drug-likeness (QED) is 0.556. The van der Waals surface area contributed by atoms with Crippen LogP contribution in [0.5, 0.6) is 0 Å². The standard InChI is InChI=1S/C21H36N4O2S/c1-16(13-18-7-6-12-28-18)14-23-19(22-5)24-15-17-8-10-25(11-9-17)20(26)27-21(2,3)4/h6-7,12,16-17H,8-11,13-15H2,1-5H3,(H2,22,23,24). The van der Waals surface area contributed by atoms with E-state index in [-0.39, 0.29) is 6.09 Å². The van der Waals surface area contributed by atoms with Gasteiger partial charge in [-0.2, -0.15) is 0 Å². The molecule has 0 radical (unpaired) electrons. The van der Waals surface area contributed by atoms with Crippen LogP contribution in [0.2, 0.25) is 0 Å². The maximum absolute atomic E-state index is 12.2. The molecule has 7 heteroatoms. The summed E-state index contributed by atoms with van der Waals surface area (Å²) in [6.45, 7) is 11.3. The molecule has 1 amide bonds. The predicted molar refractivity (Wildman–Crippen MR) is 117 cm³/mol. The van der Waals surface area contributed by atoms with Crippen LogP contribution in [0.4, 0.5) is 4.79 Å². The van der Waals surface area contributed by atoms with E-state index in [9.17, 15) is 4.79 Å². The Morgan fingerprint density at radius 1 is 1.36 bits per heavy atom. The van der Waals surface area contributed by atoms with Crippen LogP contribution < -0.4 is 10.6 Å². The van der Waals surface area contributed by atoms with Gasteiger partial charge in [-0.15, -0.1) is 11.3 Å². The number of nitrogens with one attached hydrogen (secondary N) is 2. The highest BCUT2D eigenvalue weighted by Crippen LogP contribution is 2.19. The molecule has 2 N–H and O–H groups in total. The Morgan fingerprint density at radius 3 is 2.64 bits per heavy atom. The van der Waals surface area contributed by atoms with Crippen LogP contribution in [0.25, 0.3) is 0 Å². The van der Waals surface area contributed by atoms with Crippen LogP contribution in [0.3, 0.4) is 0 Å². The molecule has 158 valence electrons. The summed E-state index contributed by atoms with van der Waals surface area (Å²) < 4.78 is 5.46. The first kappa shape index (κ1) is 22.5. The molecule has 28 heavy (non-hydrogen) atoms. The van der Waals surface area contributed by atoms with E-state index >= 15 is 0 Å². The third-order valence-corrected chi connectivity index (χ3v) is 5.69. The first-order valence-corrected chi connectivity index (χ1v) is 11.1. The van der Waals surface area contributed by atoms with Crippen molar-refractivity contribution in [3.05, 3.63) is 22.4 Å². The second kappa shape index (κ2) is 10.7. The third kappa shape index (κ3) is 8.09. The molecule has 0 aliphatic carbocycles. The summed E-state index contributed by atoms with van der Waals surface area (Å²) in [5.74, 6) is 1.95. The predicted octanol–water partition coefficient (Wildman–Crippen LogP) is 3.74. The van der Waals surface area contributed by atoms with Gasteiger partial charge in [0.15, 0.2) is 5.96 Å². The molecule has 0 spiro atoms. The van der Waals surface area contributed by atoms with Gasteiger partial charge in [0.05, 0.1) is 0 Å². The fourth-order valence-electron chi connectivity index (χ4n) is 3.22. The lowest BCUT2D eigenvalue weighted by atomic mass is 9.97. The maximum atomic E-state index is 12.2. The van der Waals surface area contributed by atoms with Crippen molar-refractivity contribution in [3.63, 3.8) is 0 Å². The molecule has 1 aliphatic rings. The summed E-state index contributed by atoms with van der Waals surface area (Å²) in [7, 11) is 1.81. The molecular formula is C21H36N4O2S. The highest BCUT2D eigenvalue weighted by molar-refractivity contribution is 7.09. The van der Waals surface area contributed by atoms with Crippen molar-refractivity contribution < 1.29 is 9.53 Å². The fourth-order valence-corrected chi connectivity index (χ4v) is 4.09. The van der Waals surface area contributed by atoms with Gasteiger partial charge in [0.2, 0.25) is 0 Å². The molecular weight excluding hydrogens is 372 g/mol. The van der Waals surface area contributed by atoms with Gasteiger partial charge in [0, 0.05) is 38.1 Å². The number of guanidine groups is 1. The van der Waals surface area contributed by atoms with E-state index in [0.29, 0.717) is 11.8 Å². The van der Waals surface area contributed by atoms with Crippen LogP contribution in [0, 0.1) is 11.8 Å². The molecule has 1 aromatic heterocycles. The van der Waals surface area contributed by atoms with E-state index in [0.717, 1.165) is 51.4 Å². The molecule has 1 aliphatic heterocycles. The molecule has 1 atom stereocenters. The number of rotatable bonds is 6. The lowest BCUT2D eigenvalue weighted by Gasteiger charge is -2.33. The van der Waals surface area contributed by atoms with E-state index in [1.54, 1.807) is 0 Å². The van der Waals surface area contributed by atoms with Crippen LogP contribution in [-0.2, 0) is 11.2 Å². The molecule has 0 saturated carbocycles. The topological polar surface area (TPSA) is 66.0 Å². The minimum absolute atomic E-state index is 0.198. The molecule has 2 rings (SSSR count). The number of carbonyl (C=O) groups is 1. The molecule has 1 aromatic rings. The number of nitrogens with zero attached hydrogens (tertiary/aromatic N) is 2. The van der Waals surface area contributed by atoms with E-state index in [1.165, 1.54) is 4.88 Å². The molecule has 0 bridgehead atoms. The molecule has 2 heterocycles. The Labute approximate surface area is 173 Å². The third-order valence-electron chi connectivity index (χ3n) is 4.80. The SMILES string of the molecule is CN=C(NCC(C)Cc1cccs1)NCC1CCN(C(=O)OC(C)(C)C)CC1. The van der Waals surface area contributed by atoms with Gasteiger partial charge in [-0.1, -0.05) is 13.0 Å². The van der Waals surface area contributed by atoms with Crippen LogP contribution in [0.1, 0.15) is 45.4 Å². The molecule has 6 nitrogen and oxygen atoms in total. The number of ether oxygens (including phenoxy) is 1. The summed E-state index contributed by atoms with van der Waals surface area (Å²) in [4.78, 5) is 19.7. The van der Waals surface area contributed by atoms with Crippen LogP contribution in [-0.4, -0.2) is 55.8 Å². The zero-order valence-corrected chi connectivity index (χ0v) is 18.8. The summed E-state index contributed by atoms with van der Waals surface area (Å²) in [5.41, 5.74) is -0.436. The van der Waals surface area contributed by atoms with Crippen molar-refractivity contribution in [1.29, 1.82) is 0 Å². The summed E-state index contributed by atoms with van der Waals surface area (Å²) in [5, 5.41) is 9.00. The Kier molecular flexibility index (Phi) is 8.60. The number of thiophene rings is 1.